The van der Waals surface area contributed by atoms with Crippen LogP contribution >= 0.6 is 0 Å². The van der Waals surface area contributed by atoms with Crippen LogP contribution in [0.3, 0.4) is 0 Å². The first kappa shape index (κ1) is 87.2. The first-order valence-corrected chi connectivity index (χ1v) is 38.4. The number of hydrogen-bond acceptors (Lipinski definition) is 8. The second-order valence-electron chi connectivity index (χ2n) is 26.9. The number of quaternary nitrogens is 1. The molecule has 0 aliphatic heterocycles. The van der Waals surface area contributed by atoms with E-state index in [0.717, 1.165) is 89.9 Å². The van der Waals surface area contributed by atoms with Gasteiger partial charge in [-0.2, -0.15) is 0 Å². The normalized spacial score (nSPS) is 13.2. The van der Waals surface area contributed by atoms with Gasteiger partial charge in [0.05, 0.1) is 40.3 Å². The summed E-state index contributed by atoms with van der Waals surface area (Å²) in [4.78, 5) is 37.5. The van der Waals surface area contributed by atoms with Crippen LogP contribution in [0, 0.1) is 0 Å². The lowest BCUT2D eigenvalue weighted by Crippen LogP contribution is -2.44. The molecule has 0 rings (SSSR count). The van der Waals surface area contributed by atoms with Gasteiger partial charge in [0.2, 0.25) is 0 Å². The van der Waals surface area contributed by atoms with Crippen LogP contribution < -0.4 is 5.11 Å². The molecule has 91 heavy (non-hydrogen) atoms. The zero-order valence-corrected chi connectivity index (χ0v) is 60.2. The Morgan fingerprint density at radius 3 is 0.934 bits per heavy atom. The number of unbranched alkanes of at least 4 members (excludes halogenated alkanes) is 40. The molecule has 0 aromatic carbocycles. The van der Waals surface area contributed by atoms with Crippen molar-refractivity contribution < 1.29 is 42.9 Å². The van der Waals surface area contributed by atoms with Gasteiger partial charge >= 0.3 is 11.9 Å². The molecule has 0 spiro atoms. The average molecular weight is 1270 g/mol. The maximum atomic E-state index is 12.9. The van der Waals surface area contributed by atoms with Crippen LogP contribution in [-0.2, 0) is 33.3 Å². The van der Waals surface area contributed by atoms with Gasteiger partial charge in [-0.3, -0.25) is 9.59 Å². The van der Waals surface area contributed by atoms with Crippen molar-refractivity contribution in [3.63, 3.8) is 0 Å². The van der Waals surface area contributed by atoms with Gasteiger partial charge in [-0.25, -0.2) is 0 Å². The summed E-state index contributed by atoms with van der Waals surface area (Å²) in [5.41, 5.74) is 0. The molecule has 0 aromatic rings. The molecule has 2 unspecified atom stereocenters. The van der Waals surface area contributed by atoms with E-state index in [4.69, 9.17) is 18.9 Å². The second-order valence-corrected chi connectivity index (χ2v) is 26.9. The van der Waals surface area contributed by atoms with Crippen LogP contribution in [0.25, 0.3) is 0 Å². The molecule has 0 fully saturated rings. The minimum absolute atomic E-state index is 0.144. The summed E-state index contributed by atoms with van der Waals surface area (Å²) < 4.78 is 22.8. The average Bonchev–Trinajstić information content (AvgIpc) is 3.46. The van der Waals surface area contributed by atoms with Gasteiger partial charge in [0.15, 0.2) is 12.4 Å². The van der Waals surface area contributed by atoms with Gasteiger partial charge in [-0.1, -0.05) is 336 Å². The zero-order valence-electron chi connectivity index (χ0n) is 60.2. The zero-order chi connectivity index (χ0) is 66.1. The lowest BCUT2D eigenvalue weighted by molar-refractivity contribution is -0.870. The molecule has 9 heteroatoms. The highest BCUT2D eigenvalue weighted by atomic mass is 16.7. The van der Waals surface area contributed by atoms with E-state index in [-0.39, 0.29) is 32.2 Å². The van der Waals surface area contributed by atoms with Crippen molar-refractivity contribution in [3.8, 4) is 0 Å². The van der Waals surface area contributed by atoms with Crippen molar-refractivity contribution in [1.29, 1.82) is 0 Å². The number of carbonyl (C=O) groups is 3. The number of allylic oxidation sites excluding steroid dienone is 16. The van der Waals surface area contributed by atoms with E-state index < -0.39 is 24.3 Å². The quantitative estimate of drug-likeness (QED) is 0.0195. The minimum atomic E-state index is -1.63. The topological polar surface area (TPSA) is 111 Å². The number of likely N-dealkylation sites (N-methyl/N-ethyl adjacent to an activating group) is 1. The summed E-state index contributed by atoms with van der Waals surface area (Å²) in [6.07, 6.45) is 96.7. The van der Waals surface area contributed by atoms with Crippen molar-refractivity contribution >= 4 is 17.9 Å². The lowest BCUT2D eigenvalue weighted by Gasteiger charge is -2.26. The van der Waals surface area contributed by atoms with Crippen molar-refractivity contribution in [2.24, 2.45) is 0 Å². The molecule has 2 atom stereocenters. The third kappa shape index (κ3) is 73.5. The SMILES string of the molecule is CC/C=C\C/C=C\C/C=C\C/C=C\C/C=C\CCCCCCCCCCCC(=O)OC(COC(=O)CCCCCCCCCCCCCCCCCCCCCCCCCCCC/C=C\C/C=C\C/C=C\CCCCCCC)COC(OCC[N+](C)(C)C)C(=O)[O-]. The fourth-order valence-corrected chi connectivity index (χ4v) is 11.0. The first-order valence-electron chi connectivity index (χ1n) is 38.4. The maximum absolute atomic E-state index is 12.9. The Labute approximate surface area is 562 Å². The molecular weight excluding hydrogens is 1130 g/mol. The van der Waals surface area contributed by atoms with E-state index in [1.807, 2.05) is 21.1 Å². The molecular formula is C82H145NO8. The summed E-state index contributed by atoms with van der Waals surface area (Å²) in [5, 5.41) is 11.8. The Hall–Kier alpha value is -3.79. The summed E-state index contributed by atoms with van der Waals surface area (Å²) >= 11 is 0. The Balaban J connectivity index is 3.98. The summed E-state index contributed by atoms with van der Waals surface area (Å²) in [5.74, 6) is -2.28. The Kier molecular flexibility index (Phi) is 69.0. The molecule has 0 amide bonds. The van der Waals surface area contributed by atoms with Crippen LogP contribution in [0.15, 0.2) is 97.2 Å². The number of carboxylic acids is 1. The number of hydrogen-bond donors (Lipinski definition) is 0. The van der Waals surface area contributed by atoms with Gasteiger partial charge < -0.3 is 33.3 Å². The fraction of sp³-hybridized carbons (Fsp3) is 0.768. The molecule has 0 heterocycles. The summed E-state index contributed by atoms with van der Waals surface area (Å²) in [6, 6.07) is 0. The van der Waals surface area contributed by atoms with Crippen LogP contribution in [0.4, 0.5) is 0 Å². The highest BCUT2D eigenvalue weighted by Crippen LogP contribution is 2.18. The largest absolute Gasteiger partial charge is 0.545 e. The van der Waals surface area contributed by atoms with E-state index in [9.17, 15) is 19.5 Å². The number of aliphatic carboxylic acids is 1. The van der Waals surface area contributed by atoms with Gasteiger partial charge in [0, 0.05) is 12.8 Å². The van der Waals surface area contributed by atoms with E-state index in [2.05, 4.69) is 111 Å². The minimum Gasteiger partial charge on any atom is -0.545 e. The highest BCUT2D eigenvalue weighted by Gasteiger charge is 2.22. The number of ether oxygens (including phenoxy) is 4. The maximum Gasteiger partial charge on any atom is 0.306 e. The lowest BCUT2D eigenvalue weighted by atomic mass is 10.0. The molecule has 0 aliphatic rings. The van der Waals surface area contributed by atoms with Crippen LogP contribution in [0.1, 0.15) is 348 Å². The monoisotopic (exact) mass is 1270 g/mol. The fourth-order valence-electron chi connectivity index (χ4n) is 11.0. The van der Waals surface area contributed by atoms with E-state index in [1.165, 1.54) is 225 Å². The smallest absolute Gasteiger partial charge is 0.306 e. The Bertz CT molecular complexity index is 1820. The van der Waals surface area contributed by atoms with E-state index >= 15 is 0 Å². The molecule has 0 aromatic heterocycles. The predicted octanol–water partition coefficient (Wildman–Crippen LogP) is 23.0. The highest BCUT2D eigenvalue weighted by molar-refractivity contribution is 5.70. The molecule has 0 aliphatic carbocycles. The standard InChI is InChI=1S/C82H145NO8/c1-6-8-10-12-14-16-18-20-22-24-26-28-30-32-33-34-35-36-37-38-39-40-41-42-43-44-45-46-47-49-50-52-54-56-58-60-62-64-66-68-70-72-79(84)89-76-78(77-90-82(81(86)87)88-75-74-83(3,4)5)91-80(85)73-71-69-67-65-63-61-59-57-55-53-51-48-31-29-27-25-23-21-19-17-15-13-11-9-7-2/h9,11,15,17-18,20-21,23-24,26-27,29-30,32,48,51,78,82H,6-8,10,12-14,16,19,22,25,28,31,33-47,49-50,52-77H2,1-5H3/b11-9-,17-15-,20-18-,23-21-,26-24-,29-27-,32-30-,51-48-. The van der Waals surface area contributed by atoms with Crippen molar-refractivity contribution in [3.05, 3.63) is 97.2 Å². The van der Waals surface area contributed by atoms with Gasteiger partial charge in [-0.05, 0) is 96.3 Å². The molecule has 0 N–H and O–H groups in total. The Morgan fingerprint density at radius 1 is 0.341 bits per heavy atom. The third-order valence-corrected chi connectivity index (χ3v) is 16.8. The summed E-state index contributed by atoms with van der Waals surface area (Å²) in [6.45, 7) is 4.65. The van der Waals surface area contributed by atoms with Crippen LogP contribution in [0.5, 0.6) is 0 Å². The number of esters is 2. The number of nitrogens with zero attached hydrogens (tertiary/aromatic N) is 1. The van der Waals surface area contributed by atoms with Gasteiger partial charge in [0.25, 0.3) is 0 Å². The number of carboxylic acid groups (broad SMARTS) is 1. The molecule has 9 nitrogen and oxygen atoms in total. The predicted molar refractivity (Wildman–Crippen MR) is 389 cm³/mol. The third-order valence-electron chi connectivity index (χ3n) is 16.8. The van der Waals surface area contributed by atoms with E-state index in [1.54, 1.807) is 0 Å². The molecule has 0 saturated carbocycles. The molecule has 0 radical (unpaired) electrons. The van der Waals surface area contributed by atoms with E-state index in [0.29, 0.717) is 23.9 Å². The number of carbonyl (C=O) groups excluding carboxylic acids is 3. The first-order chi connectivity index (χ1) is 44.6. The van der Waals surface area contributed by atoms with Crippen molar-refractivity contribution in [2.45, 2.75) is 360 Å². The van der Waals surface area contributed by atoms with Crippen LogP contribution in [-0.4, -0.2) is 82.3 Å². The van der Waals surface area contributed by atoms with Gasteiger partial charge in [-0.15, -0.1) is 0 Å². The van der Waals surface area contributed by atoms with Crippen LogP contribution in [0.2, 0.25) is 0 Å². The number of rotatable bonds is 71. The Morgan fingerprint density at radius 2 is 0.626 bits per heavy atom. The molecule has 526 valence electrons. The van der Waals surface area contributed by atoms with Crippen molar-refractivity contribution in [2.75, 3.05) is 47.5 Å². The molecule has 0 bridgehead atoms. The van der Waals surface area contributed by atoms with Crippen molar-refractivity contribution in [1.82, 2.24) is 0 Å². The second kappa shape index (κ2) is 72.0. The van der Waals surface area contributed by atoms with Gasteiger partial charge in [0.1, 0.15) is 13.2 Å². The summed E-state index contributed by atoms with van der Waals surface area (Å²) in [7, 11) is 5.93. The molecule has 0 saturated heterocycles.